The minimum atomic E-state index is -0.869. The molecule has 0 radical (unpaired) electrons. The fourth-order valence-electron chi connectivity index (χ4n) is 3.55. The van der Waals surface area contributed by atoms with Gasteiger partial charge in [0.15, 0.2) is 0 Å². The Morgan fingerprint density at radius 1 is 0.676 bits per heavy atom. The number of aliphatic hydroxyl groups excluding tert-OH is 2. The quantitative estimate of drug-likeness (QED) is 0.107. The molecule has 0 rings (SSSR count). The number of amides is 1. The zero-order valence-corrected chi connectivity index (χ0v) is 22.1. The Bertz CT molecular complexity index is 565. The second-order valence-electron chi connectivity index (χ2n) is 9.08. The summed E-state index contributed by atoms with van der Waals surface area (Å²) in [6, 6.07) is -0.645. The summed E-state index contributed by atoms with van der Waals surface area (Å²) in [6.45, 7) is 4.13. The molecule has 0 saturated carbocycles. The maximum absolute atomic E-state index is 12.2. The van der Waals surface area contributed by atoms with Gasteiger partial charge in [-0.05, 0) is 57.8 Å². The number of aliphatic hydroxyl groups is 2. The first-order valence-electron chi connectivity index (χ1n) is 13.9. The van der Waals surface area contributed by atoms with Crippen molar-refractivity contribution >= 4 is 5.91 Å². The normalized spacial score (nSPS) is 14.1. The van der Waals surface area contributed by atoms with Gasteiger partial charge < -0.3 is 15.5 Å². The van der Waals surface area contributed by atoms with Crippen LogP contribution in [0.1, 0.15) is 117 Å². The summed E-state index contributed by atoms with van der Waals surface area (Å²) in [5.74, 6) is -0.0960. The van der Waals surface area contributed by atoms with Crippen LogP contribution in [0.15, 0.2) is 48.6 Å². The van der Waals surface area contributed by atoms with Crippen LogP contribution in [-0.2, 0) is 4.79 Å². The van der Waals surface area contributed by atoms with E-state index >= 15 is 0 Å². The van der Waals surface area contributed by atoms with Gasteiger partial charge in [-0.25, -0.2) is 0 Å². The Balaban J connectivity index is 3.84. The number of hydrogen-bond acceptors (Lipinski definition) is 3. The van der Waals surface area contributed by atoms with Crippen molar-refractivity contribution in [3.05, 3.63) is 48.6 Å². The second kappa shape index (κ2) is 26.0. The first-order chi connectivity index (χ1) is 16.7. The topological polar surface area (TPSA) is 69.6 Å². The van der Waals surface area contributed by atoms with Gasteiger partial charge in [0.1, 0.15) is 0 Å². The molecule has 3 N–H and O–H groups in total. The summed E-state index contributed by atoms with van der Waals surface area (Å²) < 4.78 is 0. The Kier molecular flexibility index (Phi) is 24.7. The summed E-state index contributed by atoms with van der Waals surface area (Å²) in [4.78, 5) is 12.2. The zero-order valence-electron chi connectivity index (χ0n) is 22.1. The van der Waals surface area contributed by atoms with Gasteiger partial charge in [-0.3, -0.25) is 4.79 Å². The Morgan fingerprint density at radius 3 is 1.82 bits per heavy atom. The second-order valence-corrected chi connectivity index (χ2v) is 9.08. The van der Waals surface area contributed by atoms with Crippen molar-refractivity contribution < 1.29 is 15.0 Å². The van der Waals surface area contributed by atoms with Gasteiger partial charge in [-0.1, -0.05) is 101 Å². The summed E-state index contributed by atoms with van der Waals surface area (Å²) in [7, 11) is 0. The average molecular weight is 476 g/mol. The lowest BCUT2D eigenvalue weighted by molar-refractivity contribution is -0.123. The monoisotopic (exact) mass is 475 g/mol. The highest BCUT2D eigenvalue weighted by Gasteiger charge is 2.17. The van der Waals surface area contributed by atoms with E-state index in [1.54, 1.807) is 6.08 Å². The third kappa shape index (κ3) is 22.2. The van der Waals surface area contributed by atoms with E-state index in [2.05, 4.69) is 55.6 Å². The highest BCUT2D eigenvalue weighted by atomic mass is 16.3. The highest BCUT2D eigenvalue weighted by molar-refractivity contribution is 5.76. The molecule has 0 fully saturated rings. The largest absolute Gasteiger partial charge is 0.394 e. The maximum Gasteiger partial charge on any atom is 0.220 e. The fourth-order valence-corrected chi connectivity index (χ4v) is 3.55. The molecule has 0 saturated heterocycles. The van der Waals surface area contributed by atoms with Crippen LogP contribution in [-0.4, -0.2) is 34.9 Å². The molecule has 0 aliphatic rings. The first kappa shape index (κ1) is 32.4. The summed E-state index contributed by atoms with van der Waals surface area (Å²) in [5.41, 5.74) is 0. The van der Waals surface area contributed by atoms with Gasteiger partial charge in [0, 0.05) is 6.42 Å². The van der Waals surface area contributed by atoms with Crippen molar-refractivity contribution in [2.45, 2.75) is 129 Å². The van der Waals surface area contributed by atoms with Gasteiger partial charge >= 0.3 is 0 Å². The van der Waals surface area contributed by atoms with Gasteiger partial charge in [0.2, 0.25) is 5.91 Å². The van der Waals surface area contributed by atoms with Crippen LogP contribution in [0.3, 0.4) is 0 Å². The number of rotatable bonds is 23. The van der Waals surface area contributed by atoms with E-state index < -0.39 is 12.1 Å². The van der Waals surface area contributed by atoms with Crippen LogP contribution >= 0.6 is 0 Å². The molecule has 34 heavy (non-hydrogen) atoms. The van der Waals surface area contributed by atoms with Crippen molar-refractivity contribution in [3.8, 4) is 0 Å². The van der Waals surface area contributed by atoms with E-state index in [-0.39, 0.29) is 12.5 Å². The average Bonchev–Trinajstić information content (AvgIpc) is 2.84. The third-order valence-corrected chi connectivity index (χ3v) is 5.74. The molecular formula is C30H53NO3. The predicted octanol–water partition coefficient (Wildman–Crippen LogP) is 7.33. The molecule has 0 aromatic rings. The third-order valence-electron chi connectivity index (χ3n) is 5.74. The van der Waals surface area contributed by atoms with E-state index in [0.717, 1.165) is 57.8 Å². The molecule has 0 aliphatic carbocycles. The van der Waals surface area contributed by atoms with Crippen LogP contribution < -0.4 is 5.32 Å². The first-order valence-corrected chi connectivity index (χ1v) is 13.9. The number of carbonyl (C=O) groups excluding carboxylic acids is 1. The van der Waals surface area contributed by atoms with Crippen molar-refractivity contribution in [2.75, 3.05) is 6.61 Å². The molecule has 196 valence electrons. The number of hydrogen-bond donors (Lipinski definition) is 3. The zero-order chi connectivity index (χ0) is 25.1. The van der Waals surface area contributed by atoms with E-state index in [9.17, 15) is 15.0 Å². The molecule has 2 unspecified atom stereocenters. The van der Waals surface area contributed by atoms with Crippen LogP contribution in [0.25, 0.3) is 0 Å². The molecular weight excluding hydrogens is 422 g/mol. The van der Waals surface area contributed by atoms with Gasteiger partial charge in [-0.15, -0.1) is 0 Å². The van der Waals surface area contributed by atoms with Crippen LogP contribution in [0.4, 0.5) is 0 Å². The Hall–Kier alpha value is -1.65. The van der Waals surface area contributed by atoms with E-state index in [1.807, 2.05) is 6.08 Å². The molecule has 0 aromatic heterocycles. The predicted molar refractivity (Wildman–Crippen MR) is 147 cm³/mol. The summed E-state index contributed by atoms with van der Waals surface area (Å²) >= 11 is 0. The van der Waals surface area contributed by atoms with Crippen molar-refractivity contribution in [1.82, 2.24) is 5.32 Å². The number of nitrogens with one attached hydrogen (secondary N) is 1. The van der Waals surface area contributed by atoms with Crippen molar-refractivity contribution in [2.24, 2.45) is 0 Å². The van der Waals surface area contributed by atoms with Crippen molar-refractivity contribution in [3.63, 3.8) is 0 Å². The van der Waals surface area contributed by atoms with Gasteiger partial charge in [-0.2, -0.15) is 0 Å². The summed E-state index contributed by atoms with van der Waals surface area (Å²) in [5, 5.41) is 22.6. The van der Waals surface area contributed by atoms with E-state index in [0.29, 0.717) is 6.42 Å². The molecule has 0 bridgehead atoms. The lowest BCUT2D eigenvalue weighted by atomic mass is 10.1. The van der Waals surface area contributed by atoms with Crippen LogP contribution in [0.2, 0.25) is 0 Å². The number of unbranched alkanes of at least 4 members (excludes halogenated alkanes) is 10. The molecule has 1 amide bonds. The molecule has 0 spiro atoms. The van der Waals surface area contributed by atoms with Gasteiger partial charge in [0.25, 0.3) is 0 Å². The van der Waals surface area contributed by atoms with Crippen LogP contribution in [0, 0.1) is 0 Å². The molecule has 0 heterocycles. The fraction of sp³-hybridized carbons (Fsp3) is 0.700. The standard InChI is InChI=1S/C30H53NO3/c1-3-5-7-9-11-13-15-17-19-21-23-25-29(33)28(27-32)31-30(34)26-24-22-20-18-16-14-12-10-8-6-4-2/h7,9-10,12,15,17,23,25,28-29,32-33H,3-6,8,11,13-14,16,18-22,24,26-27H2,1-2H3,(H,31,34)/b9-7+,12-10-,17-15+,25-23+. The smallest absolute Gasteiger partial charge is 0.220 e. The van der Waals surface area contributed by atoms with Crippen molar-refractivity contribution in [1.29, 1.82) is 0 Å². The SMILES string of the molecule is CCC/C=C/CC/C=C/CC/C=C/C(O)C(CO)NC(=O)CCCCCCC/C=C\CCCC. The minimum absolute atomic E-state index is 0.0960. The lowest BCUT2D eigenvalue weighted by Gasteiger charge is -2.19. The minimum Gasteiger partial charge on any atom is -0.394 e. The molecule has 0 aliphatic heterocycles. The molecule has 2 atom stereocenters. The molecule has 0 aromatic carbocycles. The number of allylic oxidation sites excluding steroid dienone is 7. The van der Waals surface area contributed by atoms with E-state index in [4.69, 9.17) is 0 Å². The van der Waals surface area contributed by atoms with E-state index in [1.165, 1.54) is 38.5 Å². The molecule has 4 nitrogen and oxygen atoms in total. The lowest BCUT2D eigenvalue weighted by Crippen LogP contribution is -2.45. The van der Waals surface area contributed by atoms with Crippen LogP contribution in [0.5, 0.6) is 0 Å². The molecule has 4 heteroatoms. The van der Waals surface area contributed by atoms with Gasteiger partial charge in [0.05, 0.1) is 18.8 Å². The Morgan fingerprint density at radius 2 is 1.21 bits per heavy atom. The highest BCUT2D eigenvalue weighted by Crippen LogP contribution is 2.09. The number of carbonyl (C=O) groups is 1. The summed E-state index contributed by atoms with van der Waals surface area (Å²) in [6.07, 6.45) is 33.2. The Labute approximate surface area is 210 Å². The maximum atomic E-state index is 12.2.